The molecular formula is C11H17NO3S2. The van der Waals surface area contributed by atoms with Crippen molar-refractivity contribution in [2.75, 3.05) is 13.2 Å². The van der Waals surface area contributed by atoms with Gasteiger partial charge in [0.1, 0.15) is 4.21 Å². The Balaban J connectivity index is 1.92. The molecule has 0 bridgehead atoms. The SMILES string of the molecule is O=S(=O)(NCCC1CC1)c1ccc(CCO)s1. The predicted octanol–water partition coefficient (Wildman–Crippen LogP) is 1.36. The highest BCUT2D eigenvalue weighted by Crippen LogP contribution is 2.32. The van der Waals surface area contributed by atoms with Crippen LogP contribution in [0.4, 0.5) is 0 Å². The van der Waals surface area contributed by atoms with E-state index in [2.05, 4.69) is 4.72 Å². The summed E-state index contributed by atoms with van der Waals surface area (Å²) in [5.41, 5.74) is 0. The first-order valence-corrected chi connectivity index (χ1v) is 8.11. The van der Waals surface area contributed by atoms with Gasteiger partial charge in [-0.2, -0.15) is 0 Å². The lowest BCUT2D eigenvalue weighted by atomic mass is 10.3. The number of aliphatic hydroxyl groups excluding tert-OH is 1. The van der Waals surface area contributed by atoms with E-state index in [9.17, 15) is 8.42 Å². The van der Waals surface area contributed by atoms with Crippen LogP contribution in [0.3, 0.4) is 0 Å². The topological polar surface area (TPSA) is 66.4 Å². The fourth-order valence-corrected chi connectivity index (χ4v) is 4.06. The molecule has 1 saturated carbocycles. The van der Waals surface area contributed by atoms with Crippen LogP contribution < -0.4 is 4.72 Å². The van der Waals surface area contributed by atoms with Crippen LogP contribution in [0.25, 0.3) is 0 Å². The lowest BCUT2D eigenvalue weighted by Gasteiger charge is -2.03. The Kier molecular flexibility index (Phi) is 4.19. The first-order chi connectivity index (χ1) is 8.12. The zero-order valence-electron chi connectivity index (χ0n) is 9.55. The molecule has 17 heavy (non-hydrogen) atoms. The fraction of sp³-hybridized carbons (Fsp3) is 0.636. The van der Waals surface area contributed by atoms with E-state index in [0.717, 1.165) is 17.2 Å². The van der Waals surface area contributed by atoms with Crippen molar-refractivity contribution in [3.63, 3.8) is 0 Å². The van der Waals surface area contributed by atoms with Gasteiger partial charge in [-0.05, 0) is 24.5 Å². The highest BCUT2D eigenvalue weighted by Gasteiger charge is 2.22. The van der Waals surface area contributed by atoms with Gasteiger partial charge < -0.3 is 5.11 Å². The Morgan fingerprint density at radius 3 is 2.82 bits per heavy atom. The van der Waals surface area contributed by atoms with E-state index in [1.807, 2.05) is 0 Å². The van der Waals surface area contributed by atoms with Gasteiger partial charge >= 0.3 is 0 Å². The number of hydrogen-bond acceptors (Lipinski definition) is 4. The van der Waals surface area contributed by atoms with Crippen molar-refractivity contribution in [1.29, 1.82) is 0 Å². The second kappa shape index (κ2) is 5.48. The van der Waals surface area contributed by atoms with Crippen LogP contribution in [0.2, 0.25) is 0 Å². The maximum Gasteiger partial charge on any atom is 0.250 e. The zero-order chi connectivity index (χ0) is 12.3. The lowest BCUT2D eigenvalue weighted by Crippen LogP contribution is -2.24. The number of nitrogens with one attached hydrogen (secondary N) is 1. The molecule has 0 saturated heterocycles. The minimum absolute atomic E-state index is 0.0507. The third-order valence-electron chi connectivity index (χ3n) is 2.80. The standard InChI is InChI=1S/C11H17NO3S2/c13-8-6-10-3-4-11(16-10)17(14,15)12-7-5-9-1-2-9/h3-4,9,12-13H,1-2,5-8H2. The minimum Gasteiger partial charge on any atom is -0.396 e. The van der Waals surface area contributed by atoms with Crippen LogP contribution >= 0.6 is 11.3 Å². The number of aliphatic hydroxyl groups is 1. The van der Waals surface area contributed by atoms with Crippen molar-refractivity contribution in [3.8, 4) is 0 Å². The number of rotatable bonds is 7. The summed E-state index contributed by atoms with van der Waals surface area (Å²) in [7, 11) is -3.34. The van der Waals surface area contributed by atoms with Crippen LogP contribution in [0.5, 0.6) is 0 Å². The van der Waals surface area contributed by atoms with E-state index in [0.29, 0.717) is 17.2 Å². The van der Waals surface area contributed by atoms with Gasteiger partial charge in [0.2, 0.25) is 10.0 Å². The molecule has 0 unspecified atom stereocenters. The normalized spacial score (nSPS) is 16.3. The van der Waals surface area contributed by atoms with Gasteiger partial charge in [0.25, 0.3) is 0 Å². The molecule has 6 heteroatoms. The summed E-state index contributed by atoms with van der Waals surface area (Å²) in [6.07, 6.45) is 3.93. The molecule has 1 aromatic rings. The summed E-state index contributed by atoms with van der Waals surface area (Å²) >= 11 is 1.23. The van der Waals surface area contributed by atoms with E-state index in [-0.39, 0.29) is 6.61 Å². The molecule has 0 spiro atoms. The summed E-state index contributed by atoms with van der Waals surface area (Å²) in [6, 6.07) is 3.37. The third kappa shape index (κ3) is 3.77. The monoisotopic (exact) mass is 275 g/mol. The smallest absolute Gasteiger partial charge is 0.250 e. The number of hydrogen-bond donors (Lipinski definition) is 2. The molecule has 96 valence electrons. The Labute approximate surface area is 106 Å². The molecule has 0 radical (unpaired) electrons. The van der Waals surface area contributed by atoms with Gasteiger partial charge in [-0.1, -0.05) is 12.8 Å². The lowest BCUT2D eigenvalue weighted by molar-refractivity contribution is 0.300. The summed E-state index contributed by atoms with van der Waals surface area (Å²) in [5.74, 6) is 0.728. The first-order valence-electron chi connectivity index (χ1n) is 5.81. The van der Waals surface area contributed by atoms with Crippen molar-refractivity contribution >= 4 is 21.4 Å². The fourth-order valence-electron chi connectivity index (χ4n) is 1.62. The van der Waals surface area contributed by atoms with Gasteiger partial charge in [-0.25, -0.2) is 13.1 Å². The van der Waals surface area contributed by atoms with Crippen molar-refractivity contribution in [1.82, 2.24) is 4.72 Å². The molecular weight excluding hydrogens is 258 g/mol. The van der Waals surface area contributed by atoms with Crippen LogP contribution in [-0.2, 0) is 16.4 Å². The molecule has 1 heterocycles. The van der Waals surface area contributed by atoms with E-state index >= 15 is 0 Å². The van der Waals surface area contributed by atoms with Crippen molar-refractivity contribution in [2.24, 2.45) is 5.92 Å². The third-order valence-corrected chi connectivity index (χ3v) is 5.90. The molecule has 0 atom stereocenters. The maximum atomic E-state index is 11.9. The Hall–Kier alpha value is -0.430. The van der Waals surface area contributed by atoms with Crippen LogP contribution in [0.15, 0.2) is 16.3 Å². The second-order valence-corrected chi connectivity index (χ2v) is 7.49. The van der Waals surface area contributed by atoms with Crippen LogP contribution in [0.1, 0.15) is 24.1 Å². The number of thiophene rings is 1. The van der Waals surface area contributed by atoms with Crippen molar-refractivity contribution in [3.05, 3.63) is 17.0 Å². The summed E-state index contributed by atoms with van der Waals surface area (Å²) < 4.78 is 26.7. The Bertz CT molecular complexity index is 463. The summed E-state index contributed by atoms with van der Waals surface area (Å²) in [6.45, 7) is 0.579. The van der Waals surface area contributed by atoms with Gasteiger partial charge in [0.15, 0.2) is 0 Å². The average Bonchev–Trinajstić information content (AvgIpc) is 2.96. The molecule has 0 aliphatic heterocycles. The Morgan fingerprint density at radius 1 is 1.41 bits per heavy atom. The van der Waals surface area contributed by atoms with Crippen LogP contribution in [0, 0.1) is 5.92 Å². The molecule has 0 aromatic carbocycles. The van der Waals surface area contributed by atoms with Crippen molar-refractivity contribution in [2.45, 2.75) is 29.9 Å². The number of sulfonamides is 1. The highest BCUT2D eigenvalue weighted by atomic mass is 32.2. The van der Waals surface area contributed by atoms with Gasteiger partial charge in [0.05, 0.1) is 0 Å². The molecule has 1 aliphatic carbocycles. The second-order valence-electron chi connectivity index (χ2n) is 4.32. The molecule has 1 aromatic heterocycles. The summed E-state index contributed by atoms with van der Waals surface area (Å²) in [4.78, 5) is 0.898. The molecule has 1 fully saturated rings. The Morgan fingerprint density at radius 2 is 2.18 bits per heavy atom. The molecule has 2 N–H and O–H groups in total. The minimum atomic E-state index is -3.34. The van der Waals surface area contributed by atoms with E-state index in [1.54, 1.807) is 12.1 Å². The molecule has 4 nitrogen and oxygen atoms in total. The van der Waals surface area contributed by atoms with E-state index in [4.69, 9.17) is 5.11 Å². The first kappa shape index (κ1) is 13.0. The molecule has 2 rings (SSSR count). The van der Waals surface area contributed by atoms with Crippen LogP contribution in [-0.4, -0.2) is 26.7 Å². The largest absolute Gasteiger partial charge is 0.396 e. The zero-order valence-corrected chi connectivity index (χ0v) is 11.2. The quantitative estimate of drug-likeness (QED) is 0.789. The predicted molar refractivity (Wildman–Crippen MR) is 67.6 cm³/mol. The van der Waals surface area contributed by atoms with Gasteiger partial charge in [-0.15, -0.1) is 11.3 Å². The van der Waals surface area contributed by atoms with Gasteiger partial charge in [-0.3, -0.25) is 0 Å². The van der Waals surface area contributed by atoms with Gasteiger partial charge in [0, 0.05) is 24.4 Å². The van der Waals surface area contributed by atoms with E-state index < -0.39 is 10.0 Å². The average molecular weight is 275 g/mol. The van der Waals surface area contributed by atoms with E-state index in [1.165, 1.54) is 24.2 Å². The molecule has 1 aliphatic rings. The molecule has 0 amide bonds. The maximum absolute atomic E-state index is 11.9. The summed E-state index contributed by atoms with van der Waals surface area (Å²) in [5, 5.41) is 8.78. The van der Waals surface area contributed by atoms with Crippen molar-refractivity contribution < 1.29 is 13.5 Å². The highest BCUT2D eigenvalue weighted by molar-refractivity contribution is 7.91.